The number of aryl methyl sites for hydroxylation is 1. The summed E-state index contributed by atoms with van der Waals surface area (Å²) < 4.78 is 5.17. The Labute approximate surface area is 129 Å². The van der Waals surface area contributed by atoms with Gasteiger partial charge in [-0.15, -0.1) is 0 Å². The van der Waals surface area contributed by atoms with Crippen LogP contribution < -0.4 is 10.6 Å². The van der Waals surface area contributed by atoms with E-state index in [1.54, 1.807) is 6.07 Å². The molecule has 2 rings (SSSR count). The van der Waals surface area contributed by atoms with Gasteiger partial charge in [-0.3, -0.25) is 9.59 Å². The third kappa shape index (κ3) is 4.05. The lowest BCUT2D eigenvalue weighted by Crippen LogP contribution is -2.48. The molecule has 0 saturated carbocycles. The molecule has 1 aromatic carbocycles. The van der Waals surface area contributed by atoms with Crippen molar-refractivity contribution in [2.75, 3.05) is 25.1 Å². The first-order valence-corrected chi connectivity index (χ1v) is 7.37. The van der Waals surface area contributed by atoms with Gasteiger partial charge in [0, 0.05) is 38.3 Å². The van der Waals surface area contributed by atoms with Gasteiger partial charge in [0.25, 0.3) is 0 Å². The number of ether oxygens (including phenoxy) is 1. The molecule has 120 valence electrons. The van der Waals surface area contributed by atoms with Crippen molar-refractivity contribution in [1.82, 2.24) is 5.32 Å². The molecule has 0 atom stereocenters. The predicted molar refractivity (Wildman–Crippen MR) is 82.6 cm³/mol. The number of anilines is 1. The van der Waals surface area contributed by atoms with Crippen LogP contribution in [0, 0.1) is 13.8 Å². The van der Waals surface area contributed by atoms with E-state index < -0.39 is 17.4 Å². The number of carbonyl (C=O) groups is 2. The molecule has 6 heteroatoms. The Kier molecular flexibility index (Phi) is 5.15. The van der Waals surface area contributed by atoms with Crippen LogP contribution in [0.1, 0.15) is 24.0 Å². The standard InChI is InChI=1S/C16H22N2O4/c1-11-4-3-5-13(12(11)2)18-15(20)14(19)17-10-16(21)6-8-22-9-7-16/h3-5,21H,6-10H2,1-2H3,(H,17,19)(H,18,20). The lowest BCUT2D eigenvalue weighted by atomic mass is 9.94. The minimum Gasteiger partial charge on any atom is -0.388 e. The molecule has 1 heterocycles. The Hall–Kier alpha value is -1.92. The summed E-state index contributed by atoms with van der Waals surface area (Å²) in [6, 6.07) is 5.51. The SMILES string of the molecule is Cc1cccc(NC(=O)C(=O)NCC2(O)CCOCC2)c1C. The van der Waals surface area contributed by atoms with Gasteiger partial charge in [-0.1, -0.05) is 12.1 Å². The molecule has 1 aliphatic heterocycles. The molecule has 1 saturated heterocycles. The number of nitrogens with one attached hydrogen (secondary N) is 2. The third-order valence-corrected chi connectivity index (χ3v) is 4.06. The Bertz CT molecular complexity index is 565. The fourth-order valence-corrected chi connectivity index (χ4v) is 2.32. The molecule has 1 aromatic rings. The van der Waals surface area contributed by atoms with E-state index in [2.05, 4.69) is 10.6 Å². The fraction of sp³-hybridized carbons (Fsp3) is 0.500. The molecule has 1 aliphatic rings. The predicted octanol–water partition coefficient (Wildman–Crippen LogP) is 0.900. The lowest BCUT2D eigenvalue weighted by Gasteiger charge is -2.31. The summed E-state index contributed by atoms with van der Waals surface area (Å²) in [4.78, 5) is 23.8. The van der Waals surface area contributed by atoms with E-state index in [0.29, 0.717) is 31.7 Å². The molecular weight excluding hydrogens is 284 g/mol. The van der Waals surface area contributed by atoms with Gasteiger partial charge < -0.3 is 20.5 Å². The van der Waals surface area contributed by atoms with Crippen LogP contribution in [0.3, 0.4) is 0 Å². The molecule has 0 unspecified atom stereocenters. The van der Waals surface area contributed by atoms with Crippen molar-refractivity contribution in [1.29, 1.82) is 0 Å². The van der Waals surface area contributed by atoms with Crippen LogP contribution in [0.4, 0.5) is 5.69 Å². The largest absolute Gasteiger partial charge is 0.388 e. The molecule has 1 fully saturated rings. The molecule has 22 heavy (non-hydrogen) atoms. The maximum Gasteiger partial charge on any atom is 0.313 e. The highest BCUT2D eigenvalue weighted by atomic mass is 16.5. The van der Waals surface area contributed by atoms with Crippen LogP contribution in [0.2, 0.25) is 0 Å². The highest BCUT2D eigenvalue weighted by Crippen LogP contribution is 2.19. The Morgan fingerprint density at radius 2 is 1.91 bits per heavy atom. The van der Waals surface area contributed by atoms with Gasteiger partial charge >= 0.3 is 11.8 Å². The Balaban J connectivity index is 1.89. The lowest BCUT2D eigenvalue weighted by molar-refractivity contribution is -0.137. The van der Waals surface area contributed by atoms with Crippen molar-refractivity contribution in [3.63, 3.8) is 0 Å². The zero-order valence-corrected chi connectivity index (χ0v) is 12.9. The average molecular weight is 306 g/mol. The summed E-state index contributed by atoms with van der Waals surface area (Å²) >= 11 is 0. The van der Waals surface area contributed by atoms with Gasteiger partial charge in [0.2, 0.25) is 0 Å². The minimum absolute atomic E-state index is 0.0510. The van der Waals surface area contributed by atoms with Crippen LogP contribution in [0.15, 0.2) is 18.2 Å². The number of benzene rings is 1. The zero-order valence-electron chi connectivity index (χ0n) is 12.9. The van der Waals surface area contributed by atoms with Gasteiger partial charge in [-0.25, -0.2) is 0 Å². The van der Waals surface area contributed by atoms with E-state index in [1.807, 2.05) is 26.0 Å². The zero-order chi connectivity index (χ0) is 16.2. The van der Waals surface area contributed by atoms with Gasteiger partial charge in [-0.2, -0.15) is 0 Å². The summed E-state index contributed by atoms with van der Waals surface area (Å²) in [5, 5.41) is 15.3. The van der Waals surface area contributed by atoms with Crippen LogP contribution >= 0.6 is 0 Å². The number of hydrogen-bond donors (Lipinski definition) is 3. The summed E-state index contributed by atoms with van der Waals surface area (Å²) in [5.74, 6) is -1.48. The first-order valence-electron chi connectivity index (χ1n) is 7.37. The molecule has 3 N–H and O–H groups in total. The minimum atomic E-state index is -0.993. The number of rotatable bonds is 3. The van der Waals surface area contributed by atoms with E-state index in [1.165, 1.54) is 0 Å². The van der Waals surface area contributed by atoms with Crippen molar-refractivity contribution >= 4 is 17.5 Å². The van der Waals surface area contributed by atoms with Gasteiger partial charge in [0.1, 0.15) is 0 Å². The Morgan fingerprint density at radius 1 is 1.23 bits per heavy atom. The molecule has 0 aromatic heterocycles. The second-order valence-electron chi connectivity index (χ2n) is 5.72. The summed E-state index contributed by atoms with van der Waals surface area (Å²) in [6.45, 7) is 4.79. The van der Waals surface area contributed by atoms with E-state index in [0.717, 1.165) is 11.1 Å². The highest BCUT2D eigenvalue weighted by molar-refractivity contribution is 6.39. The molecule has 0 aliphatic carbocycles. The molecule has 0 bridgehead atoms. The third-order valence-electron chi connectivity index (χ3n) is 4.06. The van der Waals surface area contributed by atoms with Crippen molar-refractivity contribution in [3.05, 3.63) is 29.3 Å². The average Bonchev–Trinajstić information content (AvgIpc) is 2.50. The smallest absolute Gasteiger partial charge is 0.313 e. The topological polar surface area (TPSA) is 87.7 Å². The quantitative estimate of drug-likeness (QED) is 0.724. The van der Waals surface area contributed by atoms with Crippen molar-refractivity contribution in [2.24, 2.45) is 0 Å². The van der Waals surface area contributed by atoms with Gasteiger partial charge in [0.05, 0.1) is 5.60 Å². The second-order valence-corrected chi connectivity index (χ2v) is 5.72. The number of carbonyl (C=O) groups excluding carboxylic acids is 2. The molecule has 6 nitrogen and oxygen atoms in total. The molecule has 0 radical (unpaired) electrons. The van der Waals surface area contributed by atoms with Gasteiger partial charge in [0.15, 0.2) is 0 Å². The first-order chi connectivity index (χ1) is 10.4. The van der Waals surface area contributed by atoms with E-state index in [4.69, 9.17) is 4.74 Å². The first kappa shape index (κ1) is 16.5. The van der Waals surface area contributed by atoms with Crippen LogP contribution in [0.25, 0.3) is 0 Å². The van der Waals surface area contributed by atoms with E-state index in [-0.39, 0.29) is 6.54 Å². The second kappa shape index (κ2) is 6.89. The van der Waals surface area contributed by atoms with Crippen molar-refractivity contribution in [2.45, 2.75) is 32.3 Å². The van der Waals surface area contributed by atoms with Crippen molar-refractivity contribution in [3.8, 4) is 0 Å². The molecular formula is C16H22N2O4. The number of aliphatic hydroxyl groups is 1. The van der Waals surface area contributed by atoms with E-state index in [9.17, 15) is 14.7 Å². The highest BCUT2D eigenvalue weighted by Gasteiger charge is 2.31. The number of amides is 2. The summed E-state index contributed by atoms with van der Waals surface area (Å²) in [7, 11) is 0. The molecule has 0 spiro atoms. The Morgan fingerprint density at radius 3 is 2.59 bits per heavy atom. The van der Waals surface area contributed by atoms with Crippen LogP contribution in [-0.2, 0) is 14.3 Å². The fourth-order valence-electron chi connectivity index (χ4n) is 2.32. The van der Waals surface area contributed by atoms with Crippen LogP contribution in [0.5, 0.6) is 0 Å². The van der Waals surface area contributed by atoms with Crippen LogP contribution in [-0.4, -0.2) is 42.3 Å². The van der Waals surface area contributed by atoms with Gasteiger partial charge in [-0.05, 0) is 31.0 Å². The summed E-state index contributed by atoms with van der Waals surface area (Å²) in [6.07, 6.45) is 0.901. The maximum absolute atomic E-state index is 11.9. The number of hydrogen-bond acceptors (Lipinski definition) is 4. The van der Waals surface area contributed by atoms with Crippen molar-refractivity contribution < 1.29 is 19.4 Å². The van der Waals surface area contributed by atoms with E-state index >= 15 is 0 Å². The normalized spacial score (nSPS) is 16.9. The molecule has 2 amide bonds. The summed E-state index contributed by atoms with van der Waals surface area (Å²) in [5.41, 5.74) is 1.58. The maximum atomic E-state index is 11.9. The monoisotopic (exact) mass is 306 g/mol.